The number of thioether (sulfide) groups is 1. The SMILES string of the molecule is CC1(C(=O)Nc2ccc(C(=O)O)c(F)c2)CCCS1. The van der Waals surface area contributed by atoms with Gasteiger partial charge in [0, 0.05) is 5.69 Å². The molecule has 1 saturated heterocycles. The minimum Gasteiger partial charge on any atom is -0.478 e. The summed E-state index contributed by atoms with van der Waals surface area (Å²) in [5.74, 6) is -1.41. The fraction of sp³-hybridized carbons (Fsp3) is 0.385. The number of hydrogen-bond donors (Lipinski definition) is 2. The number of nitrogens with one attached hydrogen (secondary N) is 1. The summed E-state index contributed by atoms with van der Waals surface area (Å²) in [6, 6.07) is 3.58. The van der Waals surface area contributed by atoms with Crippen molar-refractivity contribution in [2.75, 3.05) is 11.1 Å². The van der Waals surface area contributed by atoms with Gasteiger partial charge in [-0.05, 0) is 43.7 Å². The van der Waals surface area contributed by atoms with E-state index >= 15 is 0 Å². The monoisotopic (exact) mass is 283 g/mol. The molecule has 1 fully saturated rings. The summed E-state index contributed by atoms with van der Waals surface area (Å²) in [5.41, 5.74) is -0.124. The summed E-state index contributed by atoms with van der Waals surface area (Å²) in [6.07, 6.45) is 1.78. The second kappa shape index (κ2) is 5.21. The Morgan fingerprint density at radius 1 is 1.47 bits per heavy atom. The van der Waals surface area contributed by atoms with Crippen LogP contribution in [0.1, 0.15) is 30.1 Å². The highest BCUT2D eigenvalue weighted by atomic mass is 32.2. The Hall–Kier alpha value is -1.56. The summed E-state index contributed by atoms with van der Waals surface area (Å²) >= 11 is 1.58. The van der Waals surface area contributed by atoms with Gasteiger partial charge in [-0.3, -0.25) is 4.79 Å². The predicted octanol–water partition coefficient (Wildman–Crippen LogP) is 2.75. The van der Waals surface area contributed by atoms with Crippen molar-refractivity contribution in [2.45, 2.75) is 24.5 Å². The Labute approximate surface area is 114 Å². The third kappa shape index (κ3) is 2.89. The first-order chi connectivity index (χ1) is 8.92. The molecule has 4 nitrogen and oxygen atoms in total. The maximum Gasteiger partial charge on any atom is 0.338 e. The van der Waals surface area contributed by atoms with Gasteiger partial charge in [-0.15, -0.1) is 11.8 Å². The van der Waals surface area contributed by atoms with Crippen LogP contribution in [0.15, 0.2) is 18.2 Å². The molecule has 0 saturated carbocycles. The van der Waals surface area contributed by atoms with Crippen molar-refractivity contribution in [3.63, 3.8) is 0 Å². The molecule has 1 heterocycles. The lowest BCUT2D eigenvalue weighted by atomic mass is 10.0. The number of hydrogen-bond acceptors (Lipinski definition) is 3. The highest BCUT2D eigenvalue weighted by molar-refractivity contribution is 8.01. The number of carboxylic acids is 1. The van der Waals surface area contributed by atoms with E-state index in [4.69, 9.17) is 5.11 Å². The predicted molar refractivity (Wildman–Crippen MR) is 72.1 cm³/mol. The maximum absolute atomic E-state index is 13.5. The zero-order valence-electron chi connectivity index (χ0n) is 10.4. The van der Waals surface area contributed by atoms with Crippen LogP contribution < -0.4 is 5.32 Å². The van der Waals surface area contributed by atoms with E-state index in [2.05, 4.69) is 5.32 Å². The van der Waals surface area contributed by atoms with Gasteiger partial charge in [0.15, 0.2) is 0 Å². The number of aromatic carboxylic acids is 1. The summed E-state index contributed by atoms with van der Waals surface area (Å²) in [7, 11) is 0. The second-order valence-electron chi connectivity index (χ2n) is 4.64. The molecular weight excluding hydrogens is 269 g/mol. The highest BCUT2D eigenvalue weighted by Gasteiger charge is 2.37. The van der Waals surface area contributed by atoms with Gasteiger partial charge in [0.2, 0.25) is 5.91 Å². The van der Waals surface area contributed by atoms with Crippen LogP contribution in [-0.2, 0) is 4.79 Å². The largest absolute Gasteiger partial charge is 0.478 e. The van der Waals surface area contributed by atoms with Gasteiger partial charge < -0.3 is 10.4 Å². The van der Waals surface area contributed by atoms with E-state index in [0.29, 0.717) is 0 Å². The molecule has 1 aromatic carbocycles. The molecule has 1 aromatic rings. The maximum atomic E-state index is 13.5. The van der Waals surface area contributed by atoms with E-state index < -0.39 is 22.1 Å². The van der Waals surface area contributed by atoms with Crippen molar-refractivity contribution < 1.29 is 19.1 Å². The summed E-state index contributed by atoms with van der Waals surface area (Å²) in [6.45, 7) is 1.86. The van der Waals surface area contributed by atoms with E-state index in [1.54, 1.807) is 11.8 Å². The Bertz CT molecular complexity index is 527. The number of carbonyl (C=O) groups excluding carboxylic acids is 1. The van der Waals surface area contributed by atoms with Crippen LogP contribution >= 0.6 is 11.8 Å². The number of anilines is 1. The quantitative estimate of drug-likeness (QED) is 0.895. The third-order valence-corrected chi connectivity index (χ3v) is 4.68. The molecule has 0 radical (unpaired) electrons. The summed E-state index contributed by atoms with van der Waals surface area (Å²) in [4.78, 5) is 22.8. The highest BCUT2D eigenvalue weighted by Crippen LogP contribution is 2.38. The van der Waals surface area contributed by atoms with E-state index in [9.17, 15) is 14.0 Å². The molecule has 1 atom stereocenters. The molecule has 0 aromatic heterocycles. The third-order valence-electron chi connectivity index (χ3n) is 3.16. The first-order valence-corrected chi connectivity index (χ1v) is 6.89. The number of rotatable bonds is 3. The molecule has 0 aliphatic carbocycles. The van der Waals surface area contributed by atoms with E-state index in [0.717, 1.165) is 30.7 Å². The molecule has 1 amide bonds. The molecule has 6 heteroatoms. The Morgan fingerprint density at radius 2 is 2.21 bits per heavy atom. The zero-order valence-corrected chi connectivity index (χ0v) is 11.2. The van der Waals surface area contributed by atoms with Crippen molar-refractivity contribution in [1.82, 2.24) is 0 Å². The first-order valence-electron chi connectivity index (χ1n) is 5.91. The Morgan fingerprint density at radius 3 is 2.74 bits per heavy atom. The molecule has 1 unspecified atom stereocenters. The van der Waals surface area contributed by atoms with Crippen molar-refractivity contribution in [3.8, 4) is 0 Å². The second-order valence-corrected chi connectivity index (χ2v) is 6.23. The molecule has 2 N–H and O–H groups in total. The normalized spacial score (nSPS) is 22.2. The van der Waals surface area contributed by atoms with Crippen molar-refractivity contribution in [1.29, 1.82) is 0 Å². The minimum absolute atomic E-state index is 0.169. The fourth-order valence-electron chi connectivity index (χ4n) is 1.99. The minimum atomic E-state index is -1.33. The summed E-state index contributed by atoms with van der Waals surface area (Å²) in [5, 5.41) is 11.4. The molecule has 2 rings (SSSR count). The van der Waals surface area contributed by atoms with Gasteiger partial charge >= 0.3 is 5.97 Å². The molecule has 19 heavy (non-hydrogen) atoms. The molecule has 0 bridgehead atoms. The molecule has 1 aliphatic rings. The van der Waals surface area contributed by atoms with Crippen LogP contribution in [0.2, 0.25) is 0 Å². The average molecular weight is 283 g/mol. The molecule has 102 valence electrons. The Balaban J connectivity index is 2.13. The van der Waals surface area contributed by atoms with Gasteiger partial charge in [0.25, 0.3) is 0 Å². The smallest absolute Gasteiger partial charge is 0.338 e. The van der Waals surface area contributed by atoms with Gasteiger partial charge in [0.1, 0.15) is 5.82 Å². The van der Waals surface area contributed by atoms with Crippen LogP contribution in [-0.4, -0.2) is 27.5 Å². The van der Waals surface area contributed by atoms with Crippen LogP contribution in [0, 0.1) is 5.82 Å². The summed E-state index contributed by atoms with van der Waals surface area (Å²) < 4.78 is 13.0. The van der Waals surface area contributed by atoms with E-state index in [1.807, 2.05) is 6.92 Å². The lowest BCUT2D eigenvalue weighted by molar-refractivity contribution is -0.118. The number of amides is 1. The Kier molecular flexibility index (Phi) is 3.80. The lowest BCUT2D eigenvalue weighted by Crippen LogP contribution is -2.34. The zero-order chi connectivity index (χ0) is 14.0. The lowest BCUT2D eigenvalue weighted by Gasteiger charge is -2.21. The van der Waals surface area contributed by atoms with Crippen LogP contribution in [0.4, 0.5) is 10.1 Å². The van der Waals surface area contributed by atoms with Crippen LogP contribution in [0.5, 0.6) is 0 Å². The number of carboxylic acid groups (broad SMARTS) is 1. The first kappa shape index (κ1) is 13.9. The van der Waals surface area contributed by atoms with E-state index in [1.165, 1.54) is 6.07 Å². The number of halogens is 1. The van der Waals surface area contributed by atoms with Crippen molar-refractivity contribution in [3.05, 3.63) is 29.6 Å². The van der Waals surface area contributed by atoms with Crippen LogP contribution in [0.25, 0.3) is 0 Å². The van der Waals surface area contributed by atoms with Gasteiger partial charge in [-0.25, -0.2) is 9.18 Å². The fourth-order valence-corrected chi connectivity index (χ4v) is 3.20. The van der Waals surface area contributed by atoms with Crippen molar-refractivity contribution in [2.24, 2.45) is 0 Å². The topological polar surface area (TPSA) is 66.4 Å². The average Bonchev–Trinajstić information content (AvgIpc) is 2.77. The van der Waals surface area contributed by atoms with E-state index in [-0.39, 0.29) is 11.6 Å². The number of benzene rings is 1. The van der Waals surface area contributed by atoms with Crippen molar-refractivity contribution >= 4 is 29.3 Å². The van der Waals surface area contributed by atoms with Crippen LogP contribution in [0.3, 0.4) is 0 Å². The molecule has 0 spiro atoms. The molecule has 1 aliphatic heterocycles. The number of carbonyl (C=O) groups is 2. The molecular formula is C13H14FNO3S. The van der Waals surface area contributed by atoms with Gasteiger partial charge in [0.05, 0.1) is 10.3 Å². The standard InChI is InChI=1S/C13H14FNO3S/c1-13(5-2-6-19-13)12(18)15-8-3-4-9(11(16)17)10(14)7-8/h3-4,7H,2,5-6H2,1H3,(H,15,18)(H,16,17). The van der Waals surface area contributed by atoms with Gasteiger partial charge in [-0.2, -0.15) is 0 Å². The van der Waals surface area contributed by atoms with Gasteiger partial charge in [-0.1, -0.05) is 0 Å².